The van der Waals surface area contributed by atoms with Crippen LogP contribution in [0.25, 0.3) is 0 Å². The summed E-state index contributed by atoms with van der Waals surface area (Å²) in [5, 5.41) is 3.09. The standard InChI is InChI=1S/C14H22N2O2/c1-8-9(2)18-10(3)12(8)13(17)16-14(4,7-15)11-5-6-11/h11H,5-7,15H2,1-4H3,(H,16,17). The second kappa shape index (κ2) is 4.43. The molecule has 1 saturated carbocycles. The fourth-order valence-corrected chi connectivity index (χ4v) is 2.49. The summed E-state index contributed by atoms with van der Waals surface area (Å²) in [5.41, 5.74) is 7.10. The molecule has 0 aliphatic heterocycles. The van der Waals surface area contributed by atoms with E-state index in [0.29, 0.717) is 23.8 Å². The highest BCUT2D eigenvalue weighted by Crippen LogP contribution is 2.39. The molecule has 1 heterocycles. The summed E-state index contributed by atoms with van der Waals surface area (Å²) in [4.78, 5) is 12.4. The second-order valence-corrected chi connectivity index (χ2v) is 5.56. The molecule has 4 heteroatoms. The Morgan fingerprint density at radius 1 is 1.39 bits per heavy atom. The first-order valence-electron chi connectivity index (χ1n) is 6.48. The predicted octanol–water partition coefficient (Wildman–Crippen LogP) is 2.06. The number of hydrogen-bond donors (Lipinski definition) is 2. The molecule has 1 amide bonds. The molecular formula is C14H22N2O2. The largest absolute Gasteiger partial charge is 0.466 e. The first kappa shape index (κ1) is 13.1. The molecule has 1 atom stereocenters. The van der Waals surface area contributed by atoms with Gasteiger partial charge in [0.05, 0.1) is 11.1 Å². The lowest BCUT2D eigenvalue weighted by Gasteiger charge is -2.29. The van der Waals surface area contributed by atoms with Crippen LogP contribution >= 0.6 is 0 Å². The van der Waals surface area contributed by atoms with E-state index in [2.05, 4.69) is 5.32 Å². The molecule has 3 N–H and O–H groups in total. The first-order chi connectivity index (χ1) is 8.39. The van der Waals surface area contributed by atoms with Crippen LogP contribution in [0.2, 0.25) is 0 Å². The molecule has 1 unspecified atom stereocenters. The summed E-state index contributed by atoms with van der Waals surface area (Å²) in [6, 6.07) is 0. The molecule has 1 aliphatic rings. The summed E-state index contributed by atoms with van der Waals surface area (Å²) in [5.74, 6) is 1.93. The van der Waals surface area contributed by atoms with Crippen LogP contribution in [0, 0.1) is 26.7 Å². The maximum absolute atomic E-state index is 12.4. The number of aryl methyl sites for hydroxylation is 2. The highest BCUT2D eigenvalue weighted by molar-refractivity contribution is 5.97. The number of carbonyl (C=O) groups is 1. The van der Waals surface area contributed by atoms with Gasteiger partial charge in [-0.15, -0.1) is 0 Å². The van der Waals surface area contributed by atoms with Crippen molar-refractivity contribution in [3.8, 4) is 0 Å². The molecule has 0 aromatic carbocycles. The molecule has 2 rings (SSSR count). The normalized spacial score (nSPS) is 18.5. The lowest BCUT2D eigenvalue weighted by Crippen LogP contribution is -2.53. The zero-order chi connectivity index (χ0) is 13.5. The van der Waals surface area contributed by atoms with Gasteiger partial charge in [0, 0.05) is 12.1 Å². The fourth-order valence-electron chi connectivity index (χ4n) is 2.49. The quantitative estimate of drug-likeness (QED) is 0.859. The van der Waals surface area contributed by atoms with Crippen molar-refractivity contribution < 1.29 is 9.21 Å². The van der Waals surface area contributed by atoms with Crippen molar-refractivity contribution in [1.29, 1.82) is 0 Å². The molecule has 18 heavy (non-hydrogen) atoms. The third-order valence-corrected chi connectivity index (χ3v) is 4.09. The second-order valence-electron chi connectivity index (χ2n) is 5.56. The van der Waals surface area contributed by atoms with E-state index >= 15 is 0 Å². The average molecular weight is 250 g/mol. The molecule has 4 nitrogen and oxygen atoms in total. The Morgan fingerprint density at radius 2 is 2.00 bits per heavy atom. The Morgan fingerprint density at radius 3 is 2.39 bits per heavy atom. The lowest BCUT2D eigenvalue weighted by molar-refractivity contribution is 0.0895. The van der Waals surface area contributed by atoms with E-state index in [0.717, 1.165) is 24.2 Å². The maximum Gasteiger partial charge on any atom is 0.255 e. The molecule has 1 aliphatic carbocycles. The van der Waals surface area contributed by atoms with Crippen LogP contribution in [-0.4, -0.2) is 18.0 Å². The van der Waals surface area contributed by atoms with Gasteiger partial charge in [0.2, 0.25) is 0 Å². The van der Waals surface area contributed by atoms with Gasteiger partial charge in [-0.05, 0) is 46.5 Å². The van der Waals surface area contributed by atoms with Crippen molar-refractivity contribution in [2.24, 2.45) is 11.7 Å². The van der Waals surface area contributed by atoms with Gasteiger partial charge in [-0.1, -0.05) is 0 Å². The molecule has 0 bridgehead atoms. The van der Waals surface area contributed by atoms with Gasteiger partial charge in [0.25, 0.3) is 5.91 Å². The van der Waals surface area contributed by atoms with Crippen molar-refractivity contribution in [2.75, 3.05) is 6.54 Å². The molecule has 0 radical (unpaired) electrons. The van der Waals surface area contributed by atoms with Crippen LogP contribution in [0.3, 0.4) is 0 Å². The van der Waals surface area contributed by atoms with E-state index in [1.54, 1.807) is 0 Å². The highest BCUT2D eigenvalue weighted by atomic mass is 16.3. The minimum atomic E-state index is -0.291. The van der Waals surface area contributed by atoms with Crippen LogP contribution < -0.4 is 11.1 Å². The third-order valence-electron chi connectivity index (χ3n) is 4.09. The summed E-state index contributed by atoms with van der Waals surface area (Å²) >= 11 is 0. The van der Waals surface area contributed by atoms with E-state index in [4.69, 9.17) is 10.2 Å². The van der Waals surface area contributed by atoms with Gasteiger partial charge in [-0.3, -0.25) is 4.79 Å². The van der Waals surface area contributed by atoms with E-state index < -0.39 is 0 Å². The number of amides is 1. The van der Waals surface area contributed by atoms with Crippen molar-refractivity contribution in [3.63, 3.8) is 0 Å². The average Bonchev–Trinajstić information content (AvgIpc) is 3.09. The highest BCUT2D eigenvalue weighted by Gasteiger charge is 2.42. The molecule has 1 aromatic heterocycles. The van der Waals surface area contributed by atoms with Gasteiger partial charge >= 0.3 is 0 Å². The third kappa shape index (κ3) is 2.17. The molecule has 1 fully saturated rings. The van der Waals surface area contributed by atoms with E-state index in [1.165, 1.54) is 0 Å². The van der Waals surface area contributed by atoms with Crippen LogP contribution in [0.1, 0.15) is 47.2 Å². The lowest BCUT2D eigenvalue weighted by atomic mass is 9.95. The minimum Gasteiger partial charge on any atom is -0.466 e. The Hall–Kier alpha value is -1.29. The fraction of sp³-hybridized carbons (Fsp3) is 0.643. The molecule has 1 aromatic rings. The number of carbonyl (C=O) groups excluding carboxylic acids is 1. The van der Waals surface area contributed by atoms with Crippen molar-refractivity contribution >= 4 is 5.91 Å². The van der Waals surface area contributed by atoms with E-state index in [-0.39, 0.29) is 11.4 Å². The van der Waals surface area contributed by atoms with Crippen LogP contribution in [0.4, 0.5) is 0 Å². The molecule has 0 spiro atoms. The Balaban J connectivity index is 2.21. The summed E-state index contributed by atoms with van der Waals surface area (Å²) < 4.78 is 5.50. The van der Waals surface area contributed by atoms with Gasteiger partial charge in [-0.25, -0.2) is 0 Å². The van der Waals surface area contributed by atoms with Crippen molar-refractivity contribution in [2.45, 2.75) is 46.1 Å². The number of furan rings is 1. The minimum absolute atomic E-state index is 0.0679. The zero-order valence-electron chi connectivity index (χ0n) is 11.6. The number of nitrogens with two attached hydrogens (primary N) is 1. The number of rotatable bonds is 4. The van der Waals surface area contributed by atoms with E-state index in [1.807, 2.05) is 27.7 Å². The van der Waals surface area contributed by atoms with Gasteiger partial charge < -0.3 is 15.5 Å². The summed E-state index contributed by atoms with van der Waals surface area (Å²) in [7, 11) is 0. The number of hydrogen-bond acceptors (Lipinski definition) is 3. The van der Waals surface area contributed by atoms with Gasteiger partial charge in [-0.2, -0.15) is 0 Å². The monoisotopic (exact) mass is 250 g/mol. The number of nitrogens with one attached hydrogen (secondary N) is 1. The van der Waals surface area contributed by atoms with Crippen molar-refractivity contribution in [1.82, 2.24) is 5.32 Å². The van der Waals surface area contributed by atoms with Crippen LogP contribution in [-0.2, 0) is 0 Å². The summed E-state index contributed by atoms with van der Waals surface area (Å²) in [6.07, 6.45) is 2.30. The Bertz CT molecular complexity index is 474. The molecule has 100 valence electrons. The topological polar surface area (TPSA) is 68.3 Å². The Kier molecular flexibility index (Phi) is 3.23. The van der Waals surface area contributed by atoms with Gasteiger partial charge in [0.15, 0.2) is 0 Å². The summed E-state index contributed by atoms with van der Waals surface area (Å²) in [6.45, 7) is 8.12. The maximum atomic E-state index is 12.4. The van der Waals surface area contributed by atoms with Crippen LogP contribution in [0.5, 0.6) is 0 Å². The first-order valence-corrected chi connectivity index (χ1v) is 6.48. The van der Waals surface area contributed by atoms with Crippen molar-refractivity contribution in [3.05, 3.63) is 22.6 Å². The smallest absolute Gasteiger partial charge is 0.255 e. The predicted molar refractivity (Wildman–Crippen MR) is 70.6 cm³/mol. The molecular weight excluding hydrogens is 228 g/mol. The van der Waals surface area contributed by atoms with Crippen LogP contribution in [0.15, 0.2) is 4.42 Å². The Labute approximate surface area is 108 Å². The zero-order valence-corrected chi connectivity index (χ0v) is 11.6. The molecule has 0 saturated heterocycles. The van der Waals surface area contributed by atoms with Gasteiger partial charge in [0.1, 0.15) is 11.5 Å². The van der Waals surface area contributed by atoms with E-state index in [9.17, 15) is 4.79 Å². The SMILES string of the molecule is Cc1oc(C)c(C(=O)NC(C)(CN)C2CC2)c1C.